The second-order valence-corrected chi connectivity index (χ2v) is 8.07. The normalized spacial score (nSPS) is 18.1. The Balaban J connectivity index is 1.60. The number of amides is 1. The molecule has 0 bridgehead atoms. The van der Waals surface area contributed by atoms with Crippen molar-refractivity contribution in [3.63, 3.8) is 0 Å². The molecular formula is C19H19BrCl2N2O. The molecule has 2 aromatic rings. The third-order valence-corrected chi connectivity index (χ3v) is 5.51. The molecule has 0 spiro atoms. The maximum Gasteiger partial charge on any atom is 0.228 e. The summed E-state index contributed by atoms with van der Waals surface area (Å²) >= 11 is 15.6. The second-order valence-electron chi connectivity index (χ2n) is 6.31. The van der Waals surface area contributed by atoms with Gasteiger partial charge in [-0.25, -0.2) is 0 Å². The Labute approximate surface area is 166 Å². The standard InChI is InChI=1S/C19H19BrCl2N2O/c20-15-4-7-17(8-5-15)23-19(25)14-2-1-9-24(12-14)11-13-3-6-16(21)10-18(13)22/h3-8,10,14H,1-2,9,11-12H2,(H,23,25)/t14-/m0/s1. The van der Waals surface area contributed by atoms with Crippen LogP contribution in [0.15, 0.2) is 46.9 Å². The van der Waals surface area contributed by atoms with E-state index in [9.17, 15) is 4.79 Å². The van der Waals surface area contributed by atoms with Crippen molar-refractivity contribution >= 4 is 50.7 Å². The number of nitrogens with zero attached hydrogens (tertiary/aromatic N) is 1. The molecule has 1 amide bonds. The Morgan fingerprint density at radius 2 is 1.96 bits per heavy atom. The van der Waals surface area contributed by atoms with Crippen LogP contribution in [-0.4, -0.2) is 23.9 Å². The first-order valence-electron chi connectivity index (χ1n) is 8.24. The summed E-state index contributed by atoms with van der Waals surface area (Å²) in [4.78, 5) is 14.9. The highest BCUT2D eigenvalue weighted by Crippen LogP contribution is 2.25. The van der Waals surface area contributed by atoms with Crippen LogP contribution in [0.25, 0.3) is 0 Å². The van der Waals surface area contributed by atoms with E-state index < -0.39 is 0 Å². The van der Waals surface area contributed by atoms with Crippen LogP contribution in [0.5, 0.6) is 0 Å². The SMILES string of the molecule is O=C(Nc1ccc(Br)cc1)[C@H]1CCCN(Cc2ccc(Cl)cc2Cl)C1. The zero-order valence-electron chi connectivity index (χ0n) is 13.6. The molecule has 0 saturated carbocycles. The number of anilines is 1. The van der Waals surface area contributed by atoms with E-state index in [1.807, 2.05) is 36.4 Å². The van der Waals surface area contributed by atoms with Crippen molar-refractivity contribution in [1.82, 2.24) is 4.90 Å². The lowest BCUT2D eigenvalue weighted by Crippen LogP contribution is -2.40. The van der Waals surface area contributed by atoms with Gasteiger partial charge >= 0.3 is 0 Å². The smallest absolute Gasteiger partial charge is 0.228 e. The molecule has 132 valence electrons. The van der Waals surface area contributed by atoms with Crippen LogP contribution in [0.2, 0.25) is 10.0 Å². The summed E-state index contributed by atoms with van der Waals surface area (Å²) in [7, 11) is 0. The van der Waals surface area contributed by atoms with Crippen molar-refractivity contribution in [2.45, 2.75) is 19.4 Å². The fourth-order valence-corrected chi connectivity index (χ4v) is 3.81. The Bertz CT molecular complexity index is 752. The van der Waals surface area contributed by atoms with E-state index in [1.54, 1.807) is 6.07 Å². The van der Waals surface area contributed by atoms with Gasteiger partial charge in [-0.2, -0.15) is 0 Å². The summed E-state index contributed by atoms with van der Waals surface area (Å²) in [5, 5.41) is 4.33. The predicted molar refractivity (Wildman–Crippen MR) is 107 cm³/mol. The summed E-state index contributed by atoms with van der Waals surface area (Å²) in [5.41, 5.74) is 1.87. The van der Waals surface area contributed by atoms with Crippen LogP contribution in [0.3, 0.4) is 0 Å². The van der Waals surface area contributed by atoms with E-state index in [-0.39, 0.29) is 11.8 Å². The summed E-state index contributed by atoms with van der Waals surface area (Å²) in [5.74, 6) is 0.0673. The average Bonchev–Trinajstić information content (AvgIpc) is 2.60. The summed E-state index contributed by atoms with van der Waals surface area (Å²) < 4.78 is 0.995. The fourth-order valence-electron chi connectivity index (χ4n) is 3.08. The highest BCUT2D eigenvalue weighted by Gasteiger charge is 2.26. The van der Waals surface area contributed by atoms with E-state index in [1.165, 1.54) is 0 Å². The third-order valence-electron chi connectivity index (χ3n) is 4.40. The van der Waals surface area contributed by atoms with Gasteiger partial charge in [0, 0.05) is 33.3 Å². The topological polar surface area (TPSA) is 32.3 Å². The molecule has 1 aliphatic heterocycles. The maximum absolute atomic E-state index is 12.6. The molecule has 0 aliphatic carbocycles. The molecule has 0 radical (unpaired) electrons. The van der Waals surface area contributed by atoms with E-state index in [2.05, 4.69) is 26.1 Å². The Hall–Kier alpha value is -1.07. The van der Waals surface area contributed by atoms with Crippen LogP contribution in [0.1, 0.15) is 18.4 Å². The molecule has 3 rings (SSSR count). The van der Waals surface area contributed by atoms with Crippen molar-refractivity contribution in [1.29, 1.82) is 0 Å². The predicted octanol–water partition coefficient (Wildman–Crippen LogP) is 5.61. The van der Waals surface area contributed by atoms with Crippen molar-refractivity contribution in [3.8, 4) is 0 Å². The number of hydrogen-bond acceptors (Lipinski definition) is 2. The van der Waals surface area contributed by atoms with Gasteiger partial charge in [0.25, 0.3) is 0 Å². The first-order chi connectivity index (χ1) is 12.0. The van der Waals surface area contributed by atoms with Gasteiger partial charge in [-0.05, 0) is 61.3 Å². The van der Waals surface area contributed by atoms with Crippen molar-refractivity contribution in [3.05, 3.63) is 62.5 Å². The van der Waals surface area contributed by atoms with Crippen molar-refractivity contribution < 1.29 is 4.79 Å². The molecule has 6 heteroatoms. The number of benzene rings is 2. The molecule has 0 unspecified atom stereocenters. The molecule has 3 nitrogen and oxygen atoms in total. The van der Waals surface area contributed by atoms with Gasteiger partial charge in [0.2, 0.25) is 5.91 Å². The number of likely N-dealkylation sites (tertiary alicyclic amines) is 1. The number of halogens is 3. The number of carbonyl (C=O) groups excluding carboxylic acids is 1. The number of nitrogens with one attached hydrogen (secondary N) is 1. The van der Waals surface area contributed by atoms with Gasteiger partial charge < -0.3 is 5.32 Å². The molecule has 0 aromatic heterocycles. The second kappa shape index (κ2) is 8.54. The number of piperidine rings is 1. The number of rotatable bonds is 4. The van der Waals surface area contributed by atoms with Crippen LogP contribution in [-0.2, 0) is 11.3 Å². The zero-order valence-corrected chi connectivity index (χ0v) is 16.7. The highest BCUT2D eigenvalue weighted by molar-refractivity contribution is 9.10. The Morgan fingerprint density at radius 3 is 2.68 bits per heavy atom. The van der Waals surface area contributed by atoms with Crippen molar-refractivity contribution in [2.24, 2.45) is 5.92 Å². The first-order valence-corrected chi connectivity index (χ1v) is 9.79. The minimum atomic E-state index is -0.0107. The molecule has 25 heavy (non-hydrogen) atoms. The molecule has 1 atom stereocenters. The minimum Gasteiger partial charge on any atom is -0.326 e. The zero-order chi connectivity index (χ0) is 17.8. The maximum atomic E-state index is 12.6. The highest BCUT2D eigenvalue weighted by atomic mass is 79.9. The van der Waals surface area contributed by atoms with Gasteiger partial charge in [0.1, 0.15) is 0 Å². The molecule has 1 fully saturated rings. The lowest BCUT2D eigenvalue weighted by atomic mass is 9.96. The molecule has 1 aliphatic rings. The number of carbonyl (C=O) groups is 1. The first kappa shape index (κ1) is 18.7. The van der Waals surface area contributed by atoms with E-state index in [0.717, 1.165) is 48.2 Å². The van der Waals surface area contributed by atoms with Crippen LogP contribution in [0, 0.1) is 5.92 Å². The average molecular weight is 442 g/mol. The van der Waals surface area contributed by atoms with Crippen LogP contribution in [0.4, 0.5) is 5.69 Å². The van der Waals surface area contributed by atoms with E-state index >= 15 is 0 Å². The van der Waals surface area contributed by atoms with Gasteiger partial charge in [-0.3, -0.25) is 9.69 Å². The van der Waals surface area contributed by atoms with Gasteiger partial charge in [-0.15, -0.1) is 0 Å². The third kappa shape index (κ3) is 5.20. The summed E-state index contributed by atoms with van der Waals surface area (Å²) in [6.07, 6.45) is 1.91. The fraction of sp³-hybridized carbons (Fsp3) is 0.316. The van der Waals surface area contributed by atoms with Gasteiger partial charge in [-0.1, -0.05) is 45.2 Å². The minimum absolute atomic E-state index is 0.0107. The van der Waals surface area contributed by atoms with Crippen molar-refractivity contribution in [2.75, 3.05) is 18.4 Å². The lowest BCUT2D eigenvalue weighted by molar-refractivity contribution is -0.121. The Kier molecular flexibility index (Phi) is 6.39. The van der Waals surface area contributed by atoms with Crippen LogP contribution >= 0.6 is 39.1 Å². The number of hydrogen-bond donors (Lipinski definition) is 1. The lowest BCUT2D eigenvalue weighted by Gasteiger charge is -2.32. The van der Waals surface area contributed by atoms with Crippen LogP contribution < -0.4 is 5.32 Å². The Morgan fingerprint density at radius 1 is 1.20 bits per heavy atom. The largest absolute Gasteiger partial charge is 0.326 e. The van der Waals surface area contributed by atoms with Gasteiger partial charge in [0.05, 0.1) is 5.92 Å². The van der Waals surface area contributed by atoms with Gasteiger partial charge in [0.15, 0.2) is 0 Å². The summed E-state index contributed by atoms with van der Waals surface area (Å²) in [6.45, 7) is 2.44. The molecule has 1 saturated heterocycles. The molecule has 1 N–H and O–H groups in total. The summed E-state index contributed by atoms with van der Waals surface area (Å²) in [6, 6.07) is 13.2. The monoisotopic (exact) mass is 440 g/mol. The van der Waals surface area contributed by atoms with E-state index in [0.29, 0.717) is 10.0 Å². The molecule has 2 aromatic carbocycles. The van der Waals surface area contributed by atoms with E-state index in [4.69, 9.17) is 23.2 Å². The quantitative estimate of drug-likeness (QED) is 0.668. The molecular weight excluding hydrogens is 423 g/mol. The molecule has 1 heterocycles.